The monoisotopic (exact) mass is 424 g/mol. The van der Waals surface area contributed by atoms with E-state index in [-0.39, 0.29) is 28.4 Å². The molecule has 4 aromatic rings. The first-order chi connectivity index (χ1) is 14.8. The molecule has 0 atom stereocenters. The highest BCUT2D eigenvalue weighted by molar-refractivity contribution is 6.01. The first-order valence-corrected chi connectivity index (χ1v) is 9.14. The standard InChI is InChI=1S/C23H15F3N2O3/c24-23(25,26)17-7-3-6-16(10-17)21-9-8-18(31-21)13-27-28-22(30)19-11-14-4-1-2-5-15(14)12-20(19)29/h1-13,29H,(H,28,30)/b27-13-. The highest BCUT2D eigenvalue weighted by atomic mass is 19.4. The van der Waals surface area contributed by atoms with Gasteiger partial charge in [-0.1, -0.05) is 36.4 Å². The number of hydrogen-bond acceptors (Lipinski definition) is 4. The minimum Gasteiger partial charge on any atom is -0.507 e. The molecule has 0 spiro atoms. The lowest BCUT2D eigenvalue weighted by atomic mass is 10.1. The van der Waals surface area contributed by atoms with E-state index in [9.17, 15) is 23.1 Å². The van der Waals surface area contributed by atoms with Crippen LogP contribution in [0.1, 0.15) is 21.7 Å². The molecule has 3 aromatic carbocycles. The number of rotatable bonds is 4. The molecule has 0 saturated carbocycles. The molecule has 156 valence electrons. The van der Waals surface area contributed by atoms with Crippen molar-refractivity contribution in [3.05, 3.63) is 89.7 Å². The lowest BCUT2D eigenvalue weighted by Crippen LogP contribution is -2.17. The van der Waals surface area contributed by atoms with Crippen LogP contribution in [0.5, 0.6) is 5.75 Å². The second-order valence-electron chi connectivity index (χ2n) is 6.70. The van der Waals surface area contributed by atoms with Crippen molar-refractivity contribution in [1.82, 2.24) is 5.43 Å². The van der Waals surface area contributed by atoms with Gasteiger partial charge in [0.25, 0.3) is 5.91 Å². The Morgan fingerprint density at radius 1 is 0.968 bits per heavy atom. The predicted molar refractivity (Wildman–Crippen MR) is 110 cm³/mol. The van der Waals surface area contributed by atoms with Crippen LogP contribution in [0, 0.1) is 0 Å². The molecular weight excluding hydrogens is 409 g/mol. The number of phenolic OH excluding ortho intramolecular Hbond substituents is 1. The summed E-state index contributed by atoms with van der Waals surface area (Å²) in [4.78, 5) is 12.3. The zero-order valence-corrected chi connectivity index (χ0v) is 15.9. The molecule has 0 unspecified atom stereocenters. The van der Waals surface area contributed by atoms with Crippen molar-refractivity contribution in [1.29, 1.82) is 0 Å². The van der Waals surface area contributed by atoms with Gasteiger partial charge in [-0.2, -0.15) is 18.3 Å². The Kier molecular flexibility index (Phi) is 5.21. The Morgan fingerprint density at radius 3 is 2.45 bits per heavy atom. The van der Waals surface area contributed by atoms with Gasteiger partial charge in [-0.25, -0.2) is 5.43 Å². The molecule has 0 aliphatic carbocycles. The highest BCUT2D eigenvalue weighted by Crippen LogP contribution is 2.32. The topological polar surface area (TPSA) is 74.8 Å². The van der Waals surface area contributed by atoms with Gasteiger partial charge in [0.15, 0.2) is 0 Å². The molecule has 1 heterocycles. The van der Waals surface area contributed by atoms with Crippen LogP contribution in [-0.2, 0) is 6.18 Å². The molecule has 0 fully saturated rings. The first-order valence-electron chi connectivity index (χ1n) is 9.14. The van der Waals surface area contributed by atoms with Crippen molar-refractivity contribution in [2.45, 2.75) is 6.18 Å². The smallest absolute Gasteiger partial charge is 0.416 e. The second kappa shape index (κ2) is 7.98. The molecule has 1 amide bonds. The fourth-order valence-electron chi connectivity index (χ4n) is 3.05. The number of aromatic hydroxyl groups is 1. The van der Waals surface area contributed by atoms with Crippen LogP contribution < -0.4 is 5.43 Å². The SMILES string of the molecule is O=C(N/N=C\c1ccc(-c2cccc(C(F)(F)F)c2)o1)c1cc2ccccc2cc1O. The number of alkyl halides is 3. The van der Waals surface area contributed by atoms with E-state index in [1.807, 2.05) is 24.3 Å². The van der Waals surface area contributed by atoms with Gasteiger partial charge in [-0.15, -0.1) is 0 Å². The normalized spacial score (nSPS) is 11.8. The summed E-state index contributed by atoms with van der Waals surface area (Å²) in [7, 11) is 0. The Morgan fingerprint density at radius 2 is 1.71 bits per heavy atom. The van der Waals surface area contributed by atoms with Gasteiger partial charge >= 0.3 is 6.18 Å². The number of hydrazone groups is 1. The summed E-state index contributed by atoms with van der Waals surface area (Å²) >= 11 is 0. The number of benzene rings is 3. The summed E-state index contributed by atoms with van der Waals surface area (Å²) in [6.07, 6.45) is -3.24. The summed E-state index contributed by atoms with van der Waals surface area (Å²) < 4.78 is 44.1. The van der Waals surface area contributed by atoms with Crippen molar-refractivity contribution in [3.63, 3.8) is 0 Å². The minimum absolute atomic E-state index is 0.0555. The lowest BCUT2D eigenvalue weighted by molar-refractivity contribution is -0.137. The van der Waals surface area contributed by atoms with Crippen LogP contribution >= 0.6 is 0 Å². The number of hydrogen-bond donors (Lipinski definition) is 2. The van der Waals surface area contributed by atoms with Crippen molar-refractivity contribution in [2.24, 2.45) is 5.10 Å². The molecule has 1 aromatic heterocycles. The van der Waals surface area contributed by atoms with Gasteiger partial charge in [0.05, 0.1) is 17.3 Å². The molecule has 0 saturated heterocycles. The van der Waals surface area contributed by atoms with E-state index in [0.29, 0.717) is 0 Å². The number of halogens is 3. The van der Waals surface area contributed by atoms with Gasteiger partial charge in [0.1, 0.15) is 17.3 Å². The van der Waals surface area contributed by atoms with Gasteiger partial charge in [-0.3, -0.25) is 4.79 Å². The fourth-order valence-corrected chi connectivity index (χ4v) is 3.05. The third-order valence-electron chi connectivity index (χ3n) is 4.57. The summed E-state index contributed by atoms with van der Waals surface area (Å²) in [6, 6.07) is 18.1. The number of nitrogens with one attached hydrogen (secondary N) is 1. The number of furan rings is 1. The van der Waals surface area contributed by atoms with E-state index in [1.165, 1.54) is 36.5 Å². The number of fused-ring (bicyclic) bond motifs is 1. The molecule has 0 aliphatic rings. The number of nitrogens with zero attached hydrogens (tertiary/aromatic N) is 1. The maximum atomic E-state index is 12.9. The van der Waals surface area contributed by atoms with Crippen LogP contribution in [0.3, 0.4) is 0 Å². The van der Waals surface area contributed by atoms with Crippen LogP contribution in [0.15, 0.2) is 82.3 Å². The third-order valence-corrected chi connectivity index (χ3v) is 4.57. The van der Waals surface area contributed by atoms with Crippen LogP contribution in [0.4, 0.5) is 13.2 Å². The summed E-state index contributed by atoms with van der Waals surface area (Å²) in [5, 5.41) is 15.5. The Bertz CT molecular complexity index is 1290. The van der Waals surface area contributed by atoms with E-state index in [2.05, 4.69) is 10.5 Å². The predicted octanol–water partition coefficient (Wildman–Crippen LogP) is 5.59. The second-order valence-corrected chi connectivity index (χ2v) is 6.70. The first kappa shape index (κ1) is 20.2. The summed E-state index contributed by atoms with van der Waals surface area (Å²) in [6.45, 7) is 0. The van der Waals surface area contributed by atoms with Crippen LogP contribution in [0.25, 0.3) is 22.1 Å². The lowest BCUT2D eigenvalue weighted by Gasteiger charge is -2.07. The highest BCUT2D eigenvalue weighted by Gasteiger charge is 2.30. The van der Waals surface area contributed by atoms with Gasteiger partial charge in [-0.05, 0) is 47.2 Å². The minimum atomic E-state index is -4.45. The average molecular weight is 424 g/mol. The molecule has 5 nitrogen and oxygen atoms in total. The number of phenols is 1. The summed E-state index contributed by atoms with van der Waals surface area (Å²) in [5.41, 5.74) is 1.83. The van der Waals surface area contributed by atoms with Crippen molar-refractivity contribution < 1.29 is 27.5 Å². The van der Waals surface area contributed by atoms with Crippen LogP contribution in [0.2, 0.25) is 0 Å². The van der Waals surface area contributed by atoms with E-state index in [0.717, 1.165) is 22.9 Å². The zero-order valence-electron chi connectivity index (χ0n) is 15.9. The van der Waals surface area contributed by atoms with Crippen molar-refractivity contribution in [3.8, 4) is 17.1 Å². The molecule has 0 radical (unpaired) electrons. The third kappa shape index (κ3) is 4.42. The van der Waals surface area contributed by atoms with Crippen molar-refractivity contribution in [2.75, 3.05) is 0 Å². The molecular formula is C23H15F3N2O3. The zero-order chi connectivity index (χ0) is 22.0. The number of carbonyl (C=O) groups is 1. The van der Waals surface area contributed by atoms with E-state index >= 15 is 0 Å². The summed E-state index contributed by atoms with van der Waals surface area (Å²) in [5.74, 6) is -0.345. The van der Waals surface area contributed by atoms with E-state index in [1.54, 1.807) is 6.07 Å². The average Bonchev–Trinajstić information content (AvgIpc) is 3.21. The maximum absolute atomic E-state index is 12.9. The largest absolute Gasteiger partial charge is 0.507 e. The Hall–Kier alpha value is -4.07. The molecule has 2 N–H and O–H groups in total. The van der Waals surface area contributed by atoms with Gasteiger partial charge < -0.3 is 9.52 Å². The molecule has 0 aliphatic heterocycles. The Labute approximate surface area is 174 Å². The van der Waals surface area contributed by atoms with E-state index < -0.39 is 17.6 Å². The number of amides is 1. The van der Waals surface area contributed by atoms with Crippen LogP contribution in [-0.4, -0.2) is 17.2 Å². The molecule has 8 heteroatoms. The number of carbonyl (C=O) groups excluding carboxylic acids is 1. The molecule has 4 rings (SSSR count). The van der Waals surface area contributed by atoms with Gasteiger partial charge in [0.2, 0.25) is 0 Å². The maximum Gasteiger partial charge on any atom is 0.416 e. The fraction of sp³-hybridized carbons (Fsp3) is 0.0435. The van der Waals surface area contributed by atoms with E-state index in [4.69, 9.17) is 4.42 Å². The molecule has 0 bridgehead atoms. The molecule has 31 heavy (non-hydrogen) atoms. The van der Waals surface area contributed by atoms with Gasteiger partial charge in [0, 0.05) is 5.56 Å². The van der Waals surface area contributed by atoms with Crippen molar-refractivity contribution >= 4 is 22.9 Å². The quantitative estimate of drug-likeness (QED) is 0.331. The Balaban J connectivity index is 1.48.